The number of nitrogens with one attached hydrogen (secondary N) is 1. The fraction of sp³-hybridized carbons (Fsp3) is 0.364. The number of amides is 2. The lowest BCUT2D eigenvalue weighted by molar-refractivity contribution is -0.117. The van der Waals surface area contributed by atoms with Gasteiger partial charge in [0.2, 0.25) is 5.91 Å². The third-order valence-electron chi connectivity index (χ3n) is 4.47. The van der Waals surface area contributed by atoms with Gasteiger partial charge in [0.25, 0.3) is 5.91 Å². The lowest BCUT2D eigenvalue weighted by Crippen LogP contribution is -2.30. The first-order chi connectivity index (χ1) is 13.5. The first-order valence-electron chi connectivity index (χ1n) is 9.47. The molecule has 2 aromatic rings. The Hall–Kier alpha value is -2.86. The fourth-order valence-corrected chi connectivity index (χ4v) is 2.97. The molecule has 0 fully saturated rings. The Kier molecular flexibility index (Phi) is 8.02. The highest BCUT2D eigenvalue weighted by Crippen LogP contribution is 2.14. The fourth-order valence-electron chi connectivity index (χ4n) is 2.97. The third-order valence-corrected chi connectivity index (χ3v) is 4.47. The molecule has 2 amide bonds. The zero-order chi connectivity index (χ0) is 20.5. The molecule has 0 aromatic heterocycles. The summed E-state index contributed by atoms with van der Waals surface area (Å²) in [5, 5.41) is 2.87. The van der Waals surface area contributed by atoms with Gasteiger partial charge in [-0.15, -0.1) is 0 Å². The molecule has 0 aliphatic carbocycles. The van der Waals surface area contributed by atoms with Crippen molar-refractivity contribution in [2.45, 2.75) is 20.4 Å². The lowest BCUT2D eigenvalue weighted by Gasteiger charge is -2.19. The van der Waals surface area contributed by atoms with Crippen LogP contribution in [0.25, 0.3) is 0 Å². The van der Waals surface area contributed by atoms with E-state index in [0.717, 1.165) is 11.3 Å². The van der Waals surface area contributed by atoms with Crippen LogP contribution in [-0.4, -0.2) is 55.4 Å². The van der Waals surface area contributed by atoms with Gasteiger partial charge >= 0.3 is 0 Å². The second kappa shape index (κ2) is 10.5. The number of methoxy groups -OCH3 is 1. The number of nitrogens with zero attached hydrogens (tertiary/aromatic N) is 2. The molecule has 2 rings (SSSR count). The number of carbonyl (C=O) groups excluding carboxylic acids is 2. The van der Waals surface area contributed by atoms with Gasteiger partial charge in [0.1, 0.15) is 5.75 Å². The van der Waals surface area contributed by atoms with Crippen molar-refractivity contribution in [1.82, 2.24) is 9.80 Å². The van der Waals surface area contributed by atoms with Crippen LogP contribution in [0.1, 0.15) is 29.8 Å². The summed E-state index contributed by atoms with van der Waals surface area (Å²) >= 11 is 0. The largest absolute Gasteiger partial charge is 0.497 e. The standard InChI is InChI=1S/C22H29N3O3/c1-5-25(6-2)22(27)18-10-12-19(13-11-18)23-21(26)16-24(3)15-17-8-7-9-20(14-17)28-4/h7-14H,5-6,15-16H2,1-4H3,(H,23,26). The molecule has 0 spiro atoms. The van der Waals surface area contributed by atoms with Crippen LogP contribution in [0.3, 0.4) is 0 Å². The number of hydrogen-bond acceptors (Lipinski definition) is 4. The topological polar surface area (TPSA) is 61.9 Å². The molecule has 0 atom stereocenters. The average Bonchev–Trinajstić information content (AvgIpc) is 2.69. The Bertz CT molecular complexity index is 786. The van der Waals surface area contributed by atoms with E-state index in [9.17, 15) is 9.59 Å². The molecule has 6 nitrogen and oxygen atoms in total. The summed E-state index contributed by atoms with van der Waals surface area (Å²) in [6.07, 6.45) is 0. The highest BCUT2D eigenvalue weighted by atomic mass is 16.5. The maximum atomic E-state index is 12.3. The third kappa shape index (κ3) is 6.09. The van der Waals surface area contributed by atoms with Gasteiger partial charge in [-0.2, -0.15) is 0 Å². The number of carbonyl (C=O) groups is 2. The van der Waals surface area contributed by atoms with Crippen molar-refractivity contribution in [2.75, 3.05) is 39.1 Å². The summed E-state index contributed by atoms with van der Waals surface area (Å²) in [4.78, 5) is 28.3. The van der Waals surface area contributed by atoms with Crippen molar-refractivity contribution in [2.24, 2.45) is 0 Å². The molecule has 0 saturated carbocycles. The van der Waals surface area contributed by atoms with Crippen molar-refractivity contribution in [3.8, 4) is 5.75 Å². The van der Waals surface area contributed by atoms with Gasteiger partial charge in [0.05, 0.1) is 13.7 Å². The molecule has 0 aliphatic heterocycles. The normalized spacial score (nSPS) is 10.6. The predicted octanol–water partition coefficient (Wildman–Crippen LogP) is 3.25. The molecule has 0 radical (unpaired) electrons. The summed E-state index contributed by atoms with van der Waals surface area (Å²) in [5.41, 5.74) is 2.38. The van der Waals surface area contributed by atoms with Crippen molar-refractivity contribution < 1.29 is 14.3 Å². The molecule has 2 aromatic carbocycles. The predicted molar refractivity (Wildman–Crippen MR) is 112 cm³/mol. The van der Waals surface area contributed by atoms with Crippen LogP contribution in [0.15, 0.2) is 48.5 Å². The van der Waals surface area contributed by atoms with E-state index in [-0.39, 0.29) is 18.4 Å². The zero-order valence-electron chi connectivity index (χ0n) is 17.1. The van der Waals surface area contributed by atoms with Gasteiger partial charge < -0.3 is 15.0 Å². The number of anilines is 1. The molecular weight excluding hydrogens is 354 g/mol. The number of ether oxygens (including phenoxy) is 1. The minimum Gasteiger partial charge on any atom is -0.497 e. The van der Waals surface area contributed by atoms with Crippen LogP contribution in [0.2, 0.25) is 0 Å². The monoisotopic (exact) mass is 383 g/mol. The molecular formula is C22H29N3O3. The van der Waals surface area contributed by atoms with Crippen molar-refractivity contribution in [3.05, 3.63) is 59.7 Å². The first kappa shape index (κ1) is 21.4. The summed E-state index contributed by atoms with van der Waals surface area (Å²) in [6.45, 7) is 6.16. The van der Waals surface area contributed by atoms with Crippen LogP contribution in [-0.2, 0) is 11.3 Å². The van der Waals surface area contributed by atoms with E-state index in [1.807, 2.05) is 50.1 Å². The molecule has 1 N–H and O–H groups in total. The summed E-state index contributed by atoms with van der Waals surface area (Å²) in [7, 11) is 3.53. The van der Waals surface area contributed by atoms with Gasteiger partial charge in [0, 0.05) is 30.9 Å². The molecule has 0 aliphatic rings. The van der Waals surface area contributed by atoms with E-state index in [0.29, 0.717) is 30.9 Å². The number of hydrogen-bond donors (Lipinski definition) is 1. The van der Waals surface area contributed by atoms with Crippen LogP contribution in [0.5, 0.6) is 5.75 Å². The Balaban J connectivity index is 1.89. The second-order valence-corrected chi connectivity index (χ2v) is 6.63. The molecule has 0 unspecified atom stereocenters. The highest BCUT2D eigenvalue weighted by molar-refractivity contribution is 5.96. The van der Waals surface area contributed by atoms with Gasteiger partial charge in [0.15, 0.2) is 0 Å². The van der Waals surface area contributed by atoms with Crippen LogP contribution >= 0.6 is 0 Å². The molecule has 0 bridgehead atoms. The average molecular weight is 383 g/mol. The van der Waals surface area contributed by atoms with E-state index < -0.39 is 0 Å². The van der Waals surface area contributed by atoms with Crippen molar-refractivity contribution in [3.63, 3.8) is 0 Å². The van der Waals surface area contributed by atoms with E-state index in [2.05, 4.69) is 5.32 Å². The number of rotatable bonds is 9. The molecule has 6 heteroatoms. The lowest BCUT2D eigenvalue weighted by atomic mass is 10.1. The Morgan fingerprint density at radius 2 is 1.71 bits per heavy atom. The second-order valence-electron chi connectivity index (χ2n) is 6.63. The number of likely N-dealkylation sites (N-methyl/N-ethyl adjacent to an activating group) is 1. The summed E-state index contributed by atoms with van der Waals surface area (Å²) in [6, 6.07) is 14.8. The van der Waals surface area contributed by atoms with Gasteiger partial charge in [-0.1, -0.05) is 12.1 Å². The highest BCUT2D eigenvalue weighted by Gasteiger charge is 2.13. The SMILES string of the molecule is CCN(CC)C(=O)c1ccc(NC(=O)CN(C)Cc2cccc(OC)c2)cc1. The summed E-state index contributed by atoms with van der Waals surface area (Å²) in [5.74, 6) is 0.698. The van der Waals surface area contributed by atoms with Crippen molar-refractivity contribution >= 4 is 17.5 Å². The van der Waals surface area contributed by atoms with E-state index in [1.165, 1.54) is 0 Å². The maximum Gasteiger partial charge on any atom is 0.253 e. The minimum atomic E-state index is -0.104. The zero-order valence-corrected chi connectivity index (χ0v) is 17.1. The maximum absolute atomic E-state index is 12.3. The Morgan fingerprint density at radius 3 is 2.32 bits per heavy atom. The van der Waals surface area contributed by atoms with E-state index >= 15 is 0 Å². The van der Waals surface area contributed by atoms with E-state index in [4.69, 9.17) is 4.74 Å². The van der Waals surface area contributed by atoms with Crippen LogP contribution in [0.4, 0.5) is 5.69 Å². The molecule has 0 saturated heterocycles. The van der Waals surface area contributed by atoms with Gasteiger partial charge in [-0.3, -0.25) is 14.5 Å². The van der Waals surface area contributed by atoms with Crippen LogP contribution in [0, 0.1) is 0 Å². The minimum absolute atomic E-state index is 0.000833. The van der Waals surface area contributed by atoms with E-state index in [1.54, 1.807) is 36.3 Å². The smallest absolute Gasteiger partial charge is 0.253 e. The van der Waals surface area contributed by atoms with Crippen molar-refractivity contribution in [1.29, 1.82) is 0 Å². The van der Waals surface area contributed by atoms with Gasteiger partial charge in [-0.05, 0) is 62.9 Å². The molecule has 28 heavy (non-hydrogen) atoms. The van der Waals surface area contributed by atoms with Gasteiger partial charge in [-0.25, -0.2) is 0 Å². The Morgan fingerprint density at radius 1 is 1.04 bits per heavy atom. The first-order valence-corrected chi connectivity index (χ1v) is 9.47. The molecule has 150 valence electrons. The Labute approximate surface area is 167 Å². The quantitative estimate of drug-likeness (QED) is 0.722. The van der Waals surface area contributed by atoms with Crippen LogP contribution < -0.4 is 10.1 Å². The number of benzene rings is 2. The molecule has 0 heterocycles. The summed E-state index contributed by atoms with van der Waals surface area (Å²) < 4.78 is 5.23.